The van der Waals surface area contributed by atoms with Gasteiger partial charge in [-0.2, -0.15) is 8.78 Å². The molecule has 1 aromatic carbocycles. The Kier molecular flexibility index (Phi) is 2.80. The molecule has 1 atom stereocenters. The third-order valence-electron chi connectivity index (χ3n) is 2.95. The average Bonchev–Trinajstić information content (AvgIpc) is 2.60. The molecule has 0 spiro atoms. The number of aliphatic hydroxyl groups excluding tert-OH is 1. The van der Waals surface area contributed by atoms with E-state index in [1.165, 1.54) is 18.2 Å². The Bertz CT molecular complexity index is 424. The molecule has 1 aromatic rings. The Hall–Kier alpha value is -1.22. The third kappa shape index (κ3) is 1.87. The van der Waals surface area contributed by atoms with Crippen LogP contribution in [-0.2, 0) is 12.3 Å². The van der Waals surface area contributed by atoms with E-state index in [-0.39, 0.29) is 5.56 Å². The minimum atomic E-state index is -2.95. The maximum atomic E-state index is 13.6. The van der Waals surface area contributed by atoms with Crippen molar-refractivity contribution in [3.63, 3.8) is 0 Å². The molecule has 0 radical (unpaired) electrons. The number of allylic oxidation sites excluding steroid dienone is 2. The Morgan fingerprint density at radius 2 is 2.19 bits per heavy atom. The number of hydrogen-bond acceptors (Lipinski definition) is 1. The minimum absolute atomic E-state index is 0.0506. The fourth-order valence-electron chi connectivity index (χ4n) is 2.09. The van der Waals surface area contributed by atoms with Crippen LogP contribution in [0.1, 0.15) is 36.1 Å². The summed E-state index contributed by atoms with van der Waals surface area (Å²) in [6, 6.07) is 4.56. The van der Waals surface area contributed by atoms with Gasteiger partial charge in [0.05, 0.1) is 6.10 Å². The highest BCUT2D eigenvalue weighted by Gasteiger charge is 2.30. The number of benzene rings is 1. The first-order valence-electron chi connectivity index (χ1n) is 5.37. The van der Waals surface area contributed by atoms with Gasteiger partial charge in [-0.1, -0.05) is 18.2 Å². The second kappa shape index (κ2) is 3.98. The van der Waals surface area contributed by atoms with Crippen molar-refractivity contribution in [3.05, 3.63) is 47.0 Å². The molecule has 1 aliphatic rings. The lowest BCUT2D eigenvalue weighted by molar-refractivity contribution is 0.0517. The maximum Gasteiger partial charge on any atom is 0.291 e. The van der Waals surface area contributed by atoms with E-state index in [1.54, 1.807) is 13.0 Å². The van der Waals surface area contributed by atoms with Crippen molar-refractivity contribution < 1.29 is 13.9 Å². The maximum absolute atomic E-state index is 13.6. The first-order valence-corrected chi connectivity index (χ1v) is 5.37. The second-order valence-corrected chi connectivity index (χ2v) is 4.09. The quantitative estimate of drug-likeness (QED) is 0.764. The number of aliphatic hydroxyl groups is 1. The summed E-state index contributed by atoms with van der Waals surface area (Å²) in [6.07, 6.45) is 3.02. The van der Waals surface area contributed by atoms with Gasteiger partial charge < -0.3 is 5.11 Å². The lowest BCUT2D eigenvalue weighted by Crippen LogP contribution is -2.10. The molecule has 86 valence electrons. The molecule has 0 bridgehead atoms. The Labute approximate surface area is 93.4 Å². The summed E-state index contributed by atoms with van der Waals surface area (Å²) in [5.41, 5.74) is 1.58. The molecular weight excluding hydrogens is 210 g/mol. The van der Waals surface area contributed by atoms with Crippen LogP contribution in [0.3, 0.4) is 0 Å². The SMILES string of the molecule is C/C=C/C(F)(F)c1ccc2c(c1)C(O)CC2. The van der Waals surface area contributed by atoms with E-state index >= 15 is 0 Å². The van der Waals surface area contributed by atoms with Gasteiger partial charge in [0.15, 0.2) is 0 Å². The van der Waals surface area contributed by atoms with Crippen molar-refractivity contribution in [3.8, 4) is 0 Å². The molecule has 1 N–H and O–H groups in total. The van der Waals surface area contributed by atoms with Crippen molar-refractivity contribution in [2.45, 2.75) is 31.8 Å². The van der Waals surface area contributed by atoms with E-state index in [0.29, 0.717) is 12.0 Å². The van der Waals surface area contributed by atoms with E-state index in [4.69, 9.17) is 0 Å². The Morgan fingerprint density at radius 1 is 1.44 bits per heavy atom. The summed E-state index contributed by atoms with van der Waals surface area (Å²) in [7, 11) is 0. The molecule has 0 saturated carbocycles. The molecule has 1 aliphatic carbocycles. The molecule has 1 unspecified atom stereocenters. The topological polar surface area (TPSA) is 20.2 Å². The molecule has 0 aliphatic heterocycles. The van der Waals surface area contributed by atoms with Gasteiger partial charge in [0.1, 0.15) is 0 Å². The van der Waals surface area contributed by atoms with E-state index < -0.39 is 12.0 Å². The van der Waals surface area contributed by atoms with Crippen LogP contribution < -0.4 is 0 Å². The smallest absolute Gasteiger partial charge is 0.291 e. The fourth-order valence-corrected chi connectivity index (χ4v) is 2.09. The molecule has 0 saturated heterocycles. The van der Waals surface area contributed by atoms with Gasteiger partial charge in [0.2, 0.25) is 0 Å². The first kappa shape index (κ1) is 11.3. The predicted octanol–water partition coefficient (Wildman–Crippen LogP) is 3.33. The van der Waals surface area contributed by atoms with Gasteiger partial charge in [-0.15, -0.1) is 0 Å². The first-order chi connectivity index (χ1) is 7.54. The molecular formula is C13H14F2O. The lowest BCUT2D eigenvalue weighted by atomic mass is 10.0. The predicted molar refractivity (Wildman–Crippen MR) is 58.4 cm³/mol. The normalized spacial score (nSPS) is 20.4. The van der Waals surface area contributed by atoms with E-state index in [0.717, 1.165) is 18.1 Å². The van der Waals surface area contributed by atoms with Gasteiger partial charge in [-0.05, 0) is 43.0 Å². The van der Waals surface area contributed by atoms with Gasteiger partial charge in [0, 0.05) is 5.56 Å². The van der Waals surface area contributed by atoms with Crippen LogP contribution in [-0.4, -0.2) is 5.11 Å². The van der Waals surface area contributed by atoms with Crippen molar-refractivity contribution in [1.82, 2.24) is 0 Å². The van der Waals surface area contributed by atoms with Crippen LogP contribution in [0, 0.1) is 0 Å². The molecule has 0 fully saturated rings. The second-order valence-electron chi connectivity index (χ2n) is 4.09. The highest BCUT2D eigenvalue weighted by atomic mass is 19.3. The molecule has 2 rings (SSSR count). The zero-order valence-corrected chi connectivity index (χ0v) is 9.08. The number of aryl methyl sites for hydroxylation is 1. The number of hydrogen-bond donors (Lipinski definition) is 1. The van der Waals surface area contributed by atoms with Crippen LogP contribution in [0.5, 0.6) is 0 Å². The summed E-state index contributed by atoms with van der Waals surface area (Å²) < 4.78 is 27.2. The zero-order chi connectivity index (χ0) is 11.8. The number of alkyl halides is 2. The van der Waals surface area contributed by atoms with Crippen LogP contribution in [0.15, 0.2) is 30.4 Å². The van der Waals surface area contributed by atoms with Crippen molar-refractivity contribution in [2.75, 3.05) is 0 Å². The van der Waals surface area contributed by atoms with Gasteiger partial charge in [-0.25, -0.2) is 0 Å². The van der Waals surface area contributed by atoms with Crippen molar-refractivity contribution >= 4 is 0 Å². The summed E-state index contributed by atoms with van der Waals surface area (Å²) in [4.78, 5) is 0. The van der Waals surface area contributed by atoms with Crippen molar-refractivity contribution in [2.24, 2.45) is 0 Å². The highest BCUT2D eigenvalue weighted by molar-refractivity contribution is 5.39. The van der Waals surface area contributed by atoms with Crippen LogP contribution in [0.25, 0.3) is 0 Å². The monoisotopic (exact) mass is 224 g/mol. The average molecular weight is 224 g/mol. The Morgan fingerprint density at radius 3 is 2.88 bits per heavy atom. The van der Waals surface area contributed by atoms with Crippen LogP contribution in [0.4, 0.5) is 8.78 Å². The molecule has 0 amide bonds. The summed E-state index contributed by atoms with van der Waals surface area (Å²) in [5.74, 6) is -2.95. The van der Waals surface area contributed by atoms with Gasteiger partial charge >= 0.3 is 0 Å². The Balaban J connectivity index is 2.41. The van der Waals surface area contributed by atoms with E-state index in [1.807, 2.05) is 0 Å². The molecule has 1 nitrogen and oxygen atoms in total. The third-order valence-corrected chi connectivity index (χ3v) is 2.95. The van der Waals surface area contributed by atoms with Gasteiger partial charge in [-0.3, -0.25) is 0 Å². The molecule has 0 aromatic heterocycles. The van der Waals surface area contributed by atoms with Crippen molar-refractivity contribution in [1.29, 1.82) is 0 Å². The molecule has 3 heteroatoms. The number of halogens is 2. The van der Waals surface area contributed by atoms with Crippen LogP contribution >= 0.6 is 0 Å². The highest BCUT2D eigenvalue weighted by Crippen LogP contribution is 2.36. The minimum Gasteiger partial charge on any atom is -0.388 e. The molecule has 16 heavy (non-hydrogen) atoms. The summed E-state index contributed by atoms with van der Waals surface area (Å²) in [6.45, 7) is 1.57. The summed E-state index contributed by atoms with van der Waals surface area (Å²) >= 11 is 0. The largest absolute Gasteiger partial charge is 0.388 e. The van der Waals surface area contributed by atoms with Crippen LogP contribution in [0.2, 0.25) is 0 Å². The number of rotatable bonds is 2. The van der Waals surface area contributed by atoms with E-state index in [9.17, 15) is 13.9 Å². The standard InChI is InChI=1S/C13H14F2O/c1-2-7-13(14,15)10-5-3-9-4-6-12(16)11(9)8-10/h2-3,5,7-8,12,16H,4,6H2,1H3/b7-2+. The lowest BCUT2D eigenvalue weighted by Gasteiger charge is -2.14. The zero-order valence-electron chi connectivity index (χ0n) is 9.08. The van der Waals surface area contributed by atoms with E-state index in [2.05, 4.69) is 0 Å². The molecule has 0 heterocycles. The number of fused-ring (bicyclic) bond motifs is 1. The fraction of sp³-hybridized carbons (Fsp3) is 0.385. The van der Waals surface area contributed by atoms with Gasteiger partial charge in [0.25, 0.3) is 5.92 Å². The summed E-state index contributed by atoms with van der Waals surface area (Å²) in [5, 5.41) is 9.64.